The Hall–Kier alpha value is -0.120. The van der Waals surface area contributed by atoms with Gasteiger partial charge in [0.25, 0.3) is 0 Å². The highest BCUT2D eigenvalue weighted by Crippen LogP contribution is 2.46. The van der Waals surface area contributed by atoms with Crippen molar-refractivity contribution < 1.29 is 9.47 Å². The van der Waals surface area contributed by atoms with Crippen LogP contribution >= 0.6 is 0 Å². The molecule has 2 aliphatic heterocycles. The van der Waals surface area contributed by atoms with Crippen molar-refractivity contribution >= 4 is 0 Å². The number of epoxide rings is 1. The summed E-state index contributed by atoms with van der Waals surface area (Å²) >= 11 is 0. The molecule has 3 heteroatoms. The van der Waals surface area contributed by atoms with Crippen LogP contribution in [0.3, 0.4) is 0 Å². The Bertz CT molecular complexity index is 292. The third kappa shape index (κ3) is 1.89. The Balaban J connectivity index is 1.73. The molecule has 3 nitrogen and oxygen atoms in total. The average molecular weight is 225 g/mol. The third-order valence-electron chi connectivity index (χ3n) is 4.51. The van der Waals surface area contributed by atoms with Crippen LogP contribution in [0.4, 0.5) is 0 Å². The van der Waals surface area contributed by atoms with Crippen molar-refractivity contribution in [2.24, 2.45) is 5.41 Å². The van der Waals surface area contributed by atoms with Crippen molar-refractivity contribution in [2.75, 3.05) is 13.6 Å². The third-order valence-corrected chi connectivity index (χ3v) is 4.51. The normalized spacial score (nSPS) is 47.4. The van der Waals surface area contributed by atoms with Crippen LogP contribution in [0.2, 0.25) is 0 Å². The molecule has 0 aromatic rings. The van der Waals surface area contributed by atoms with Gasteiger partial charge in [0.15, 0.2) is 12.5 Å². The van der Waals surface area contributed by atoms with Gasteiger partial charge >= 0.3 is 0 Å². The molecule has 0 radical (unpaired) electrons. The summed E-state index contributed by atoms with van der Waals surface area (Å²) in [6.07, 6.45) is 6.61. The molecule has 1 spiro atoms. The van der Waals surface area contributed by atoms with Crippen molar-refractivity contribution in [1.29, 1.82) is 0 Å². The summed E-state index contributed by atoms with van der Waals surface area (Å²) in [6, 6.07) is 0. The fourth-order valence-electron chi connectivity index (χ4n) is 3.30. The summed E-state index contributed by atoms with van der Waals surface area (Å²) < 4.78 is 11.7. The summed E-state index contributed by atoms with van der Waals surface area (Å²) in [6.45, 7) is 5.81. The van der Waals surface area contributed by atoms with Gasteiger partial charge in [-0.2, -0.15) is 0 Å². The number of rotatable bonds is 0. The van der Waals surface area contributed by atoms with E-state index in [0.717, 1.165) is 6.54 Å². The second-order valence-electron chi connectivity index (χ2n) is 6.63. The maximum Gasteiger partial charge on any atom is 0.200 e. The molecule has 3 unspecified atom stereocenters. The summed E-state index contributed by atoms with van der Waals surface area (Å²) in [4.78, 5) is 2.33. The lowest BCUT2D eigenvalue weighted by Gasteiger charge is -2.39. The highest BCUT2D eigenvalue weighted by atomic mass is 16.8. The van der Waals surface area contributed by atoms with E-state index in [0.29, 0.717) is 5.41 Å². The minimum Gasteiger partial charge on any atom is -0.341 e. The fourth-order valence-corrected chi connectivity index (χ4v) is 3.30. The van der Waals surface area contributed by atoms with E-state index in [1.54, 1.807) is 0 Å². The van der Waals surface area contributed by atoms with Gasteiger partial charge in [-0.1, -0.05) is 20.3 Å². The van der Waals surface area contributed by atoms with Gasteiger partial charge < -0.3 is 9.47 Å². The molecule has 0 amide bonds. The first-order valence-corrected chi connectivity index (χ1v) is 6.53. The van der Waals surface area contributed by atoms with Crippen molar-refractivity contribution in [1.82, 2.24) is 4.90 Å². The van der Waals surface area contributed by atoms with Crippen LogP contribution in [0.25, 0.3) is 0 Å². The second kappa shape index (κ2) is 3.44. The molecule has 2 heterocycles. The number of likely N-dealkylation sites (N-methyl/N-ethyl adjacent to an activating group) is 1. The van der Waals surface area contributed by atoms with Crippen molar-refractivity contribution in [3.63, 3.8) is 0 Å². The Morgan fingerprint density at radius 1 is 1.12 bits per heavy atom. The standard InChI is InChI=1S/C13H23NO2/c1-12(2)5-4-6-13(8-7-12)9-14(3)10-11(15-10)16-13/h10-11H,4-9H2,1-3H3. The second-order valence-corrected chi connectivity index (χ2v) is 6.63. The van der Waals surface area contributed by atoms with Crippen LogP contribution < -0.4 is 0 Å². The van der Waals surface area contributed by atoms with Crippen molar-refractivity contribution in [2.45, 2.75) is 64.1 Å². The molecule has 3 atom stereocenters. The summed E-state index contributed by atoms with van der Waals surface area (Å²) in [5.74, 6) is 0. The highest BCUT2D eigenvalue weighted by molar-refractivity contribution is 4.97. The number of hydrogen-bond donors (Lipinski definition) is 0. The minimum atomic E-state index is 0.0694. The maximum absolute atomic E-state index is 6.17. The van der Waals surface area contributed by atoms with E-state index in [1.807, 2.05) is 0 Å². The molecule has 92 valence electrons. The fraction of sp³-hybridized carbons (Fsp3) is 1.00. The van der Waals surface area contributed by atoms with Gasteiger partial charge in [-0.15, -0.1) is 0 Å². The first kappa shape index (κ1) is 11.0. The lowest BCUT2D eigenvalue weighted by molar-refractivity contribution is -0.128. The molecular weight excluding hydrogens is 202 g/mol. The number of ether oxygens (including phenoxy) is 2. The van der Waals surface area contributed by atoms with Crippen molar-refractivity contribution in [3.05, 3.63) is 0 Å². The Morgan fingerprint density at radius 2 is 1.94 bits per heavy atom. The van der Waals surface area contributed by atoms with E-state index in [-0.39, 0.29) is 18.1 Å². The molecule has 3 rings (SSSR count). The first-order valence-electron chi connectivity index (χ1n) is 6.53. The predicted molar refractivity (Wildman–Crippen MR) is 62.0 cm³/mol. The zero-order valence-electron chi connectivity index (χ0n) is 10.7. The first-order chi connectivity index (χ1) is 7.50. The molecule has 2 saturated heterocycles. The van der Waals surface area contributed by atoms with Crippen LogP contribution in [-0.4, -0.2) is 36.6 Å². The molecule has 0 aromatic carbocycles. The van der Waals surface area contributed by atoms with E-state index in [4.69, 9.17) is 9.47 Å². The smallest absolute Gasteiger partial charge is 0.200 e. The molecule has 0 bridgehead atoms. The van der Waals surface area contributed by atoms with Crippen LogP contribution in [0, 0.1) is 5.41 Å². The number of hydrogen-bond acceptors (Lipinski definition) is 3. The largest absolute Gasteiger partial charge is 0.341 e. The minimum absolute atomic E-state index is 0.0694. The topological polar surface area (TPSA) is 25.0 Å². The summed E-state index contributed by atoms with van der Waals surface area (Å²) in [5.41, 5.74) is 0.576. The lowest BCUT2D eigenvalue weighted by atomic mass is 9.84. The molecule has 1 saturated carbocycles. The molecule has 1 aliphatic carbocycles. The molecule has 16 heavy (non-hydrogen) atoms. The van der Waals surface area contributed by atoms with E-state index in [1.165, 1.54) is 32.1 Å². The molecule has 0 aromatic heterocycles. The van der Waals surface area contributed by atoms with E-state index >= 15 is 0 Å². The zero-order valence-corrected chi connectivity index (χ0v) is 10.7. The van der Waals surface area contributed by atoms with Crippen LogP contribution in [0.1, 0.15) is 46.0 Å². The van der Waals surface area contributed by atoms with E-state index in [9.17, 15) is 0 Å². The van der Waals surface area contributed by atoms with Gasteiger partial charge in [0.2, 0.25) is 0 Å². The zero-order chi connectivity index (χ0) is 11.4. The van der Waals surface area contributed by atoms with Gasteiger partial charge in [0.05, 0.1) is 5.60 Å². The lowest BCUT2D eigenvalue weighted by Crippen LogP contribution is -2.50. The van der Waals surface area contributed by atoms with E-state index in [2.05, 4.69) is 25.8 Å². The Labute approximate surface area is 98.1 Å². The highest BCUT2D eigenvalue weighted by Gasteiger charge is 2.55. The molecule has 0 N–H and O–H groups in total. The average Bonchev–Trinajstić information content (AvgIpc) is 2.94. The molecule has 3 fully saturated rings. The number of nitrogens with zero attached hydrogens (tertiary/aromatic N) is 1. The molecular formula is C13H23NO2. The Morgan fingerprint density at radius 3 is 2.69 bits per heavy atom. The summed E-state index contributed by atoms with van der Waals surface area (Å²) in [5, 5.41) is 0. The monoisotopic (exact) mass is 225 g/mol. The molecule has 3 aliphatic rings. The van der Waals surface area contributed by atoms with Crippen molar-refractivity contribution in [3.8, 4) is 0 Å². The van der Waals surface area contributed by atoms with Gasteiger partial charge in [-0.3, -0.25) is 4.90 Å². The quantitative estimate of drug-likeness (QED) is 0.592. The van der Waals surface area contributed by atoms with Gasteiger partial charge in [0, 0.05) is 6.54 Å². The van der Waals surface area contributed by atoms with Crippen LogP contribution in [0.5, 0.6) is 0 Å². The maximum atomic E-state index is 6.17. The SMILES string of the molecule is CN1CC2(CCCC(C)(C)CC2)OC2OC21. The predicted octanol–water partition coefficient (Wildman–Crippen LogP) is 2.36. The number of fused-ring (bicyclic) bond motifs is 1. The number of morpholine rings is 1. The van der Waals surface area contributed by atoms with E-state index < -0.39 is 0 Å². The summed E-state index contributed by atoms with van der Waals surface area (Å²) in [7, 11) is 2.16. The van der Waals surface area contributed by atoms with Gasteiger partial charge in [-0.05, 0) is 38.1 Å². The van der Waals surface area contributed by atoms with Crippen LogP contribution in [0.15, 0.2) is 0 Å². The van der Waals surface area contributed by atoms with Gasteiger partial charge in [0.1, 0.15) is 0 Å². The van der Waals surface area contributed by atoms with Crippen LogP contribution in [-0.2, 0) is 9.47 Å². The Kier molecular flexibility index (Phi) is 2.36. The van der Waals surface area contributed by atoms with Gasteiger partial charge in [-0.25, -0.2) is 0 Å².